The summed E-state index contributed by atoms with van der Waals surface area (Å²) in [7, 11) is 1.56. The van der Waals surface area contributed by atoms with E-state index in [4.69, 9.17) is 4.74 Å². The predicted molar refractivity (Wildman–Crippen MR) is 137 cm³/mol. The number of carbonyl (C=O) groups is 2. The van der Waals surface area contributed by atoms with E-state index in [1.54, 1.807) is 49.7 Å². The first-order valence-electron chi connectivity index (χ1n) is 11.8. The molecule has 0 atom stereocenters. The van der Waals surface area contributed by atoms with E-state index >= 15 is 0 Å². The number of methoxy groups -OCH3 is 1. The molecule has 1 amide bonds. The number of aryl methyl sites for hydroxylation is 1. The van der Waals surface area contributed by atoms with Crippen molar-refractivity contribution >= 4 is 34.4 Å². The highest BCUT2D eigenvalue weighted by atomic mass is 16.5. The Labute approximate surface area is 208 Å². The molecule has 184 valence electrons. The Balaban J connectivity index is 1.31. The number of hydrogen-bond donors (Lipinski definition) is 2. The summed E-state index contributed by atoms with van der Waals surface area (Å²) in [4.78, 5) is 36.0. The number of nitrogens with zero attached hydrogens (tertiary/aromatic N) is 4. The first-order valence-corrected chi connectivity index (χ1v) is 11.8. The minimum atomic E-state index is -1.03. The van der Waals surface area contributed by atoms with Crippen molar-refractivity contribution in [2.24, 2.45) is 0 Å². The molecule has 0 radical (unpaired) electrons. The highest BCUT2D eigenvalue weighted by Crippen LogP contribution is 2.32. The number of benzene rings is 2. The summed E-state index contributed by atoms with van der Waals surface area (Å²) in [6.45, 7) is 3.40. The number of fused-ring (bicyclic) bond motifs is 1. The molecule has 1 aliphatic rings. The van der Waals surface area contributed by atoms with Crippen LogP contribution < -0.4 is 15.0 Å². The van der Waals surface area contributed by atoms with Crippen LogP contribution in [-0.4, -0.2) is 51.7 Å². The number of carboxylic acids is 1. The van der Waals surface area contributed by atoms with Crippen LogP contribution in [0.2, 0.25) is 0 Å². The van der Waals surface area contributed by atoms with Gasteiger partial charge in [0, 0.05) is 36.6 Å². The van der Waals surface area contributed by atoms with Crippen LogP contribution in [0.1, 0.15) is 45.4 Å². The van der Waals surface area contributed by atoms with Gasteiger partial charge in [-0.2, -0.15) is 0 Å². The van der Waals surface area contributed by atoms with Gasteiger partial charge in [-0.1, -0.05) is 0 Å². The topological polar surface area (TPSA) is 110 Å². The van der Waals surface area contributed by atoms with Crippen LogP contribution in [0.3, 0.4) is 0 Å². The lowest BCUT2D eigenvalue weighted by Crippen LogP contribution is -2.35. The molecule has 9 nitrogen and oxygen atoms in total. The van der Waals surface area contributed by atoms with Gasteiger partial charge in [0.15, 0.2) is 5.65 Å². The lowest BCUT2D eigenvalue weighted by atomic mass is 10.0. The van der Waals surface area contributed by atoms with Crippen LogP contribution in [0.5, 0.6) is 5.75 Å². The molecular weight excluding hydrogens is 458 g/mol. The molecule has 3 heterocycles. The second-order valence-corrected chi connectivity index (χ2v) is 8.81. The van der Waals surface area contributed by atoms with E-state index in [0.29, 0.717) is 35.8 Å². The number of carboxylic acid groups (broad SMARTS) is 1. The smallest absolute Gasteiger partial charge is 0.337 e. The first kappa shape index (κ1) is 23.3. The number of hydrogen-bond acceptors (Lipinski definition) is 6. The molecule has 0 saturated carbocycles. The summed E-state index contributed by atoms with van der Waals surface area (Å²) < 4.78 is 7.32. The number of imidazole rings is 1. The number of rotatable bonds is 6. The monoisotopic (exact) mass is 485 g/mol. The Morgan fingerprint density at radius 1 is 1.08 bits per heavy atom. The van der Waals surface area contributed by atoms with E-state index in [-0.39, 0.29) is 17.5 Å². The maximum absolute atomic E-state index is 12.6. The van der Waals surface area contributed by atoms with E-state index in [1.165, 1.54) is 6.07 Å². The maximum atomic E-state index is 12.6. The van der Waals surface area contributed by atoms with Crippen molar-refractivity contribution in [3.63, 3.8) is 0 Å². The number of piperidine rings is 1. The van der Waals surface area contributed by atoms with E-state index < -0.39 is 5.97 Å². The number of nitrogens with one attached hydrogen (secondary N) is 1. The molecule has 1 saturated heterocycles. The van der Waals surface area contributed by atoms with E-state index in [9.17, 15) is 14.7 Å². The van der Waals surface area contributed by atoms with E-state index in [2.05, 4.69) is 24.8 Å². The summed E-state index contributed by atoms with van der Waals surface area (Å²) in [5.74, 6) is 0.234. The third kappa shape index (κ3) is 4.47. The zero-order chi connectivity index (χ0) is 25.2. The molecule has 4 aromatic rings. The highest BCUT2D eigenvalue weighted by molar-refractivity contribution is 6.05. The Morgan fingerprint density at radius 3 is 2.53 bits per heavy atom. The average molecular weight is 486 g/mol. The minimum absolute atomic E-state index is 0.159. The average Bonchev–Trinajstić information content (AvgIpc) is 3.24. The van der Waals surface area contributed by atoms with Crippen molar-refractivity contribution < 1.29 is 19.4 Å². The number of ether oxygens (including phenoxy) is 1. The summed E-state index contributed by atoms with van der Waals surface area (Å²) in [6.07, 6.45) is 3.47. The van der Waals surface area contributed by atoms with Gasteiger partial charge in [-0.05, 0) is 74.4 Å². The van der Waals surface area contributed by atoms with Crippen LogP contribution in [0.4, 0.5) is 11.4 Å². The van der Waals surface area contributed by atoms with Crippen molar-refractivity contribution in [1.82, 2.24) is 14.5 Å². The largest absolute Gasteiger partial charge is 0.497 e. The molecular formula is C27H27N5O4. The van der Waals surface area contributed by atoms with Gasteiger partial charge in [0.25, 0.3) is 5.91 Å². The van der Waals surface area contributed by atoms with Gasteiger partial charge in [-0.3, -0.25) is 4.79 Å². The third-order valence-electron chi connectivity index (χ3n) is 6.63. The Kier molecular flexibility index (Phi) is 6.28. The van der Waals surface area contributed by atoms with E-state index in [1.807, 2.05) is 19.1 Å². The highest BCUT2D eigenvalue weighted by Gasteiger charge is 2.26. The Hall–Kier alpha value is -4.40. The summed E-state index contributed by atoms with van der Waals surface area (Å²) in [6, 6.07) is 15.9. The minimum Gasteiger partial charge on any atom is -0.497 e. The molecule has 0 aliphatic carbocycles. The molecule has 1 aliphatic heterocycles. The molecule has 9 heteroatoms. The van der Waals surface area contributed by atoms with Crippen molar-refractivity contribution in [1.29, 1.82) is 0 Å². The third-order valence-corrected chi connectivity index (χ3v) is 6.63. The van der Waals surface area contributed by atoms with Crippen LogP contribution in [-0.2, 0) is 0 Å². The van der Waals surface area contributed by atoms with Gasteiger partial charge in [-0.15, -0.1) is 0 Å². The number of pyridine rings is 1. The number of anilines is 2. The lowest BCUT2D eigenvalue weighted by Gasteiger charge is -2.35. The maximum Gasteiger partial charge on any atom is 0.337 e. The zero-order valence-corrected chi connectivity index (χ0v) is 20.1. The zero-order valence-electron chi connectivity index (χ0n) is 20.1. The molecule has 5 rings (SSSR count). The van der Waals surface area contributed by atoms with Crippen molar-refractivity contribution in [3.8, 4) is 5.75 Å². The normalized spacial score (nSPS) is 14.1. The Morgan fingerprint density at radius 2 is 1.83 bits per heavy atom. The van der Waals surface area contributed by atoms with Crippen molar-refractivity contribution in [2.75, 3.05) is 30.4 Å². The molecule has 1 fully saturated rings. The molecule has 2 N–H and O–H groups in total. The summed E-state index contributed by atoms with van der Waals surface area (Å²) in [5, 5.41) is 12.7. The van der Waals surface area contributed by atoms with Gasteiger partial charge < -0.3 is 24.6 Å². The number of amides is 1. The number of carbonyl (C=O) groups excluding carboxylic acids is 1. The Bertz CT molecular complexity index is 1420. The summed E-state index contributed by atoms with van der Waals surface area (Å²) in [5.41, 5.74) is 3.46. The van der Waals surface area contributed by atoms with E-state index in [0.717, 1.165) is 29.8 Å². The second-order valence-electron chi connectivity index (χ2n) is 8.81. The van der Waals surface area contributed by atoms with Crippen LogP contribution in [0.15, 0.2) is 60.8 Å². The van der Waals surface area contributed by atoms with Gasteiger partial charge in [0.1, 0.15) is 17.1 Å². The van der Waals surface area contributed by atoms with Gasteiger partial charge in [0.05, 0.1) is 18.4 Å². The van der Waals surface area contributed by atoms with Gasteiger partial charge >= 0.3 is 5.97 Å². The quantitative estimate of drug-likeness (QED) is 0.413. The predicted octanol–water partition coefficient (Wildman–Crippen LogP) is 4.54. The van der Waals surface area contributed by atoms with Crippen molar-refractivity contribution in [2.45, 2.75) is 25.8 Å². The standard InChI is InChI=1S/C27H27N5O4/c1-17-29-23-4-3-13-28-25(23)32(17)20-11-14-31(15-12-20)24-10-7-19(16-22(24)27(34)35)30-26(33)18-5-8-21(36-2)9-6-18/h3-10,13,16,20H,11-12,14-15H2,1-2H3,(H,30,33)(H,34,35). The number of aromatic nitrogens is 3. The lowest BCUT2D eigenvalue weighted by molar-refractivity contribution is 0.0697. The van der Waals surface area contributed by atoms with Crippen LogP contribution >= 0.6 is 0 Å². The first-order chi connectivity index (χ1) is 17.4. The second kappa shape index (κ2) is 9.69. The fourth-order valence-electron chi connectivity index (χ4n) is 4.85. The summed E-state index contributed by atoms with van der Waals surface area (Å²) >= 11 is 0. The molecule has 0 unspecified atom stereocenters. The van der Waals surface area contributed by atoms with Crippen LogP contribution in [0, 0.1) is 6.92 Å². The number of aromatic carboxylic acids is 1. The van der Waals surface area contributed by atoms with Crippen LogP contribution in [0.25, 0.3) is 11.2 Å². The molecule has 0 bridgehead atoms. The molecule has 2 aromatic heterocycles. The molecule has 0 spiro atoms. The van der Waals surface area contributed by atoms with Crippen molar-refractivity contribution in [3.05, 3.63) is 77.7 Å². The van der Waals surface area contributed by atoms with Gasteiger partial charge in [-0.25, -0.2) is 14.8 Å². The fourth-order valence-corrected chi connectivity index (χ4v) is 4.85. The van der Waals surface area contributed by atoms with Gasteiger partial charge in [0.2, 0.25) is 0 Å². The molecule has 2 aromatic carbocycles. The molecule has 36 heavy (non-hydrogen) atoms. The SMILES string of the molecule is COc1ccc(C(=O)Nc2ccc(N3CCC(n4c(C)nc5cccnc54)CC3)c(C(=O)O)c2)cc1. The fraction of sp³-hybridized carbons (Fsp3) is 0.259.